The van der Waals surface area contributed by atoms with Gasteiger partial charge in [-0.05, 0) is 49.9 Å². The van der Waals surface area contributed by atoms with Gasteiger partial charge in [-0.2, -0.15) is 0 Å². The largest absolute Gasteiger partial charge is 0.650 e. The number of hydrogen-bond acceptors (Lipinski definition) is 8. The van der Waals surface area contributed by atoms with Crippen LogP contribution >= 0.6 is 0 Å². The summed E-state index contributed by atoms with van der Waals surface area (Å²) in [6.07, 6.45) is 1.32. The van der Waals surface area contributed by atoms with Crippen LogP contribution < -0.4 is 24.7 Å². The topological polar surface area (TPSA) is 118 Å². The summed E-state index contributed by atoms with van der Waals surface area (Å²) in [5, 5.41) is 16.4. The number of phenols is 1. The van der Waals surface area contributed by atoms with Gasteiger partial charge in [0.25, 0.3) is 0 Å². The van der Waals surface area contributed by atoms with Crippen molar-refractivity contribution in [1.29, 1.82) is 0 Å². The molecule has 2 aromatic rings. The molecule has 6 rings (SSSR count). The number of carbonyl (C=O) groups is 1. The van der Waals surface area contributed by atoms with Crippen molar-refractivity contribution in [3.63, 3.8) is 0 Å². The van der Waals surface area contributed by atoms with Gasteiger partial charge in [0.15, 0.2) is 23.0 Å². The predicted octanol–water partition coefficient (Wildman–Crippen LogP) is 2.95. The van der Waals surface area contributed by atoms with Crippen LogP contribution in [0.5, 0.6) is 28.7 Å². The van der Waals surface area contributed by atoms with E-state index in [0.29, 0.717) is 36.0 Å². The normalized spacial score (nSPS) is 26.0. The number of fused-ring (bicyclic) bond motifs is 9. The first-order chi connectivity index (χ1) is 16.8. The number of nitrogens with two attached hydrogens (primary N) is 1. The number of benzene rings is 2. The molecule has 2 aromatic carbocycles. The average molecular weight is 481 g/mol. The summed E-state index contributed by atoms with van der Waals surface area (Å²) in [7, 11) is 1.57. The van der Waals surface area contributed by atoms with Crippen molar-refractivity contribution in [3.8, 4) is 28.7 Å². The molecular formula is C26H30N3O6-. The van der Waals surface area contributed by atoms with E-state index in [1.54, 1.807) is 7.11 Å². The SMILES string of the molecule is COc1c(C)cc2c(c1O)[C@H]1[N-][C@@H](C2)CN2C(CN)c3c(c(OC(C)=O)c(C)c4c3OCO4)CC12. The number of methoxy groups -OCH3 is 1. The molecule has 3 N–H and O–H groups in total. The van der Waals surface area contributed by atoms with E-state index in [-0.39, 0.29) is 36.7 Å². The Morgan fingerprint density at radius 3 is 2.71 bits per heavy atom. The van der Waals surface area contributed by atoms with E-state index in [1.807, 2.05) is 13.8 Å². The second-order valence-electron chi connectivity index (χ2n) is 9.82. The number of esters is 1. The first-order valence-electron chi connectivity index (χ1n) is 12.0. The number of piperazine rings is 1. The summed E-state index contributed by atoms with van der Waals surface area (Å²) in [6, 6.07) is 1.71. The minimum absolute atomic E-state index is 0.0706. The van der Waals surface area contributed by atoms with Crippen molar-refractivity contribution in [2.24, 2.45) is 5.73 Å². The Hall–Kier alpha value is -3.01. The molecule has 4 aliphatic rings. The van der Waals surface area contributed by atoms with Crippen LogP contribution in [0.15, 0.2) is 6.07 Å². The Morgan fingerprint density at radius 2 is 2.00 bits per heavy atom. The van der Waals surface area contributed by atoms with Gasteiger partial charge < -0.3 is 35.1 Å². The molecule has 4 aliphatic heterocycles. The van der Waals surface area contributed by atoms with Crippen molar-refractivity contribution < 1.29 is 28.8 Å². The third kappa shape index (κ3) is 3.15. The maximum atomic E-state index is 12.1. The van der Waals surface area contributed by atoms with Crippen LogP contribution in [0.25, 0.3) is 5.32 Å². The number of carbonyl (C=O) groups excluding carboxylic acids is 1. The van der Waals surface area contributed by atoms with E-state index in [2.05, 4.69) is 11.0 Å². The van der Waals surface area contributed by atoms with Crippen LogP contribution in [0, 0.1) is 13.8 Å². The lowest BCUT2D eigenvalue weighted by Crippen LogP contribution is -2.57. The lowest BCUT2D eigenvalue weighted by molar-refractivity contribution is -0.132. The number of aryl methyl sites for hydroxylation is 1. The minimum atomic E-state index is -0.393. The molecule has 2 unspecified atom stereocenters. The van der Waals surface area contributed by atoms with Crippen LogP contribution in [0.3, 0.4) is 0 Å². The van der Waals surface area contributed by atoms with E-state index in [4.69, 9.17) is 30.0 Å². The second-order valence-corrected chi connectivity index (χ2v) is 9.82. The van der Waals surface area contributed by atoms with Gasteiger partial charge >= 0.3 is 5.97 Å². The molecule has 0 amide bonds. The third-order valence-corrected chi connectivity index (χ3v) is 7.86. The highest BCUT2D eigenvalue weighted by molar-refractivity contribution is 5.74. The molecule has 0 aliphatic carbocycles. The maximum absolute atomic E-state index is 12.1. The molecule has 2 bridgehead atoms. The molecule has 4 atom stereocenters. The Bertz CT molecular complexity index is 1240. The van der Waals surface area contributed by atoms with Crippen molar-refractivity contribution in [2.75, 3.05) is 27.0 Å². The van der Waals surface area contributed by atoms with Crippen molar-refractivity contribution >= 4 is 5.97 Å². The summed E-state index contributed by atoms with van der Waals surface area (Å²) in [5.74, 6) is 2.07. The van der Waals surface area contributed by atoms with Gasteiger partial charge in [-0.1, -0.05) is 12.1 Å². The molecule has 1 fully saturated rings. The summed E-state index contributed by atoms with van der Waals surface area (Å²) >= 11 is 0. The van der Waals surface area contributed by atoms with Gasteiger partial charge in [0, 0.05) is 36.2 Å². The molecule has 0 radical (unpaired) electrons. The number of rotatable bonds is 3. The molecule has 1 saturated heterocycles. The highest BCUT2D eigenvalue weighted by Crippen LogP contribution is 2.57. The van der Waals surface area contributed by atoms with E-state index < -0.39 is 5.97 Å². The average Bonchev–Trinajstić information content (AvgIpc) is 3.30. The van der Waals surface area contributed by atoms with Gasteiger partial charge in [0.05, 0.1) is 13.2 Å². The smallest absolute Gasteiger partial charge is 0.308 e. The van der Waals surface area contributed by atoms with E-state index in [9.17, 15) is 9.90 Å². The summed E-state index contributed by atoms with van der Waals surface area (Å²) < 4.78 is 23.0. The lowest BCUT2D eigenvalue weighted by atomic mass is 9.75. The highest BCUT2D eigenvalue weighted by Gasteiger charge is 2.46. The summed E-state index contributed by atoms with van der Waals surface area (Å²) in [4.78, 5) is 14.5. The zero-order chi connectivity index (χ0) is 24.6. The fourth-order valence-corrected chi connectivity index (χ4v) is 6.59. The second kappa shape index (κ2) is 8.01. The van der Waals surface area contributed by atoms with Gasteiger partial charge in [0.1, 0.15) is 5.75 Å². The fraction of sp³-hybridized carbons (Fsp3) is 0.500. The number of hydrogen-bond donors (Lipinski definition) is 2. The lowest BCUT2D eigenvalue weighted by Gasteiger charge is -2.62. The van der Waals surface area contributed by atoms with Crippen molar-refractivity contribution in [1.82, 2.24) is 4.90 Å². The van der Waals surface area contributed by atoms with Crippen LogP contribution in [-0.4, -0.2) is 55.1 Å². The zero-order valence-corrected chi connectivity index (χ0v) is 20.4. The van der Waals surface area contributed by atoms with E-state index in [1.165, 1.54) is 6.92 Å². The molecule has 0 saturated carbocycles. The standard InChI is InChI=1S/C26H30N3O6/c1-11-5-14-6-15-9-29-17(21(28-15)19(14)22(31)23(11)32-4)7-16-20(18(29)8-27)26-25(33-10-34-26)12(2)24(16)35-13(3)30/h5,15,17-18,21,31H,6-10,27H2,1-4H3/q-1/t15-,17?,18?,21-/m0/s1. The highest BCUT2D eigenvalue weighted by atomic mass is 16.7. The summed E-state index contributed by atoms with van der Waals surface area (Å²) in [5.41, 5.74) is 11.8. The number of nitrogens with zero attached hydrogens (tertiary/aromatic N) is 2. The van der Waals surface area contributed by atoms with E-state index >= 15 is 0 Å². The first-order valence-corrected chi connectivity index (χ1v) is 12.0. The summed E-state index contributed by atoms with van der Waals surface area (Å²) in [6.45, 7) is 6.46. The molecule has 9 nitrogen and oxygen atoms in total. The quantitative estimate of drug-likeness (QED) is 0.509. The van der Waals surface area contributed by atoms with Crippen LogP contribution in [0.1, 0.15) is 52.4 Å². The number of phenolic OH excluding ortho intramolecular Hbond substituents is 1. The Labute approximate surface area is 204 Å². The fourth-order valence-electron chi connectivity index (χ4n) is 6.59. The van der Waals surface area contributed by atoms with Crippen molar-refractivity contribution in [2.45, 2.75) is 57.8 Å². The van der Waals surface area contributed by atoms with Gasteiger partial charge in [-0.25, -0.2) is 0 Å². The predicted molar refractivity (Wildman–Crippen MR) is 128 cm³/mol. The number of ether oxygens (including phenoxy) is 4. The molecule has 4 heterocycles. The molecule has 186 valence electrons. The van der Waals surface area contributed by atoms with Gasteiger partial charge in [-0.15, -0.1) is 6.04 Å². The Balaban J connectivity index is 1.54. The third-order valence-electron chi connectivity index (χ3n) is 7.86. The van der Waals surface area contributed by atoms with Crippen LogP contribution in [-0.2, 0) is 17.6 Å². The van der Waals surface area contributed by atoms with Gasteiger partial charge in [-0.3, -0.25) is 9.69 Å². The molecular weight excluding hydrogens is 450 g/mol. The number of aromatic hydroxyl groups is 1. The first kappa shape index (κ1) is 22.5. The molecule has 0 aromatic heterocycles. The Morgan fingerprint density at radius 1 is 1.23 bits per heavy atom. The van der Waals surface area contributed by atoms with Crippen molar-refractivity contribution in [3.05, 3.63) is 44.8 Å². The van der Waals surface area contributed by atoms with Crippen LogP contribution in [0.4, 0.5) is 0 Å². The van der Waals surface area contributed by atoms with Crippen LogP contribution in [0.2, 0.25) is 0 Å². The molecule has 0 spiro atoms. The molecule has 35 heavy (non-hydrogen) atoms. The van der Waals surface area contributed by atoms with E-state index in [0.717, 1.165) is 46.3 Å². The minimum Gasteiger partial charge on any atom is -0.650 e. The van der Waals surface area contributed by atoms with Gasteiger partial charge in [0.2, 0.25) is 6.79 Å². The molecule has 9 heteroatoms. The monoisotopic (exact) mass is 480 g/mol. The zero-order valence-electron chi connectivity index (χ0n) is 20.4. The maximum Gasteiger partial charge on any atom is 0.308 e. The Kier molecular flexibility index (Phi) is 5.14.